The average molecular weight is 404 g/mol. The second kappa shape index (κ2) is 6.55. The Morgan fingerprint density at radius 2 is 1.23 bits per heavy atom. The summed E-state index contributed by atoms with van der Waals surface area (Å²) in [5, 5.41) is 3.06. The maximum absolute atomic E-state index is 6.78. The van der Waals surface area contributed by atoms with Crippen molar-refractivity contribution in [2.24, 2.45) is 0 Å². The van der Waals surface area contributed by atoms with E-state index in [9.17, 15) is 0 Å². The van der Waals surface area contributed by atoms with Crippen LogP contribution in [0, 0.1) is 0 Å². The van der Waals surface area contributed by atoms with E-state index in [0.29, 0.717) is 0 Å². The number of benzene rings is 4. The molecule has 0 aliphatic heterocycles. The van der Waals surface area contributed by atoms with Crippen LogP contribution in [0.4, 0.5) is 0 Å². The molecule has 5 aromatic rings. The van der Waals surface area contributed by atoms with Crippen molar-refractivity contribution in [3.63, 3.8) is 0 Å². The number of hydrogen-bond donors (Lipinski definition) is 0. The predicted molar refractivity (Wildman–Crippen MR) is 124 cm³/mol. The molecule has 0 saturated heterocycles. The molecular formula is C28H18ClN. The van der Waals surface area contributed by atoms with Gasteiger partial charge in [-0.05, 0) is 57.0 Å². The van der Waals surface area contributed by atoms with Crippen molar-refractivity contribution < 1.29 is 0 Å². The summed E-state index contributed by atoms with van der Waals surface area (Å²) in [6, 6.07) is 34.4. The van der Waals surface area contributed by atoms with Gasteiger partial charge in [-0.2, -0.15) is 0 Å². The van der Waals surface area contributed by atoms with Gasteiger partial charge in [0.25, 0.3) is 0 Å². The fourth-order valence-corrected chi connectivity index (χ4v) is 5.46. The zero-order valence-corrected chi connectivity index (χ0v) is 17.0. The number of rotatable bonds is 2. The smallest absolute Gasteiger partial charge is 0.0720 e. The van der Waals surface area contributed by atoms with Gasteiger partial charge in [0.05, 0.1) is 5.41 Å². The van der Waals surface area contributed by atoms with Crippen molar-refractivity contribution >= 4 is 22.4 Å². The van der Waals surface area contributed by atoms with E-state index < -0.39 is 5.41 Å². The molecule has 1 aliphatic carbocycles. The third-order valence-electron chi connectivity index (χ3n) is 6.31. The average Bonchev–Trinajstić information content (AvgIpc) is 3.12. The SMILES string of the molecule is Clc1cc2c(c3ccccc13)C(c1ccccc1)(c1ccncc1)c1ccccc1-2. The van der Waals surface area contributed by atoms with Crippen LogP contribution in [0.25, 0.3) is 21.9 Å². The molecule has 1 heterocycles. The number of fused-ring (bicyclic) bond motifs is 5. The molecule has 0 N–H and O–H groups in total. The topological polar surface area (TPSA) is 12.9 Å². The van der Waals surface area contributed by atoms with Crippen LogP contribution in [0.3, 0.4) is 0 Å². The molecule has 1 nitrogen and oxygen atoms in total. The number of hydrogen-bond acceptors (Lipinski definition) is 1. The largest absolute Gasteiger partial charge is 0.265 e. The van der Waals surface area contributed by atoms with Crippen molar-refractivity contribution in [2.45, 2.75) is 5.41 Å². The van der Waals surface area contributed by atoms with Crippen molar-refractivity contribution in [1.82, 2.24) is 4.98 Å². The number of pyridine rings is 1. The van der Waals surface area contributed by atoms with E-state index in [1.165, 1.54) is 38.8 Å². The Bertz CT molecular complexity index is 1350. The second-order valence-electron chi connectivity index (χ2n) is 7.72. The van der Waals surface area contributed by atoms with Gasteiger partial charge >= 0.3 is 0 Å². The fourth-order valence-electron chi connectivity index (χ4n) is 5.18. The summed E-state index contributed by atoms with van der Waals surface area (Å²) in [7, 11) is 0. The zero-order chi connectivity index (χ0) is 20.1. The quantitative estimate of drug-likeness (QED) is 0.296. The second-order valence-corrected chi connectivity index (χ2v) is 8.13. The highest BCUT2D eigenvalue weighted by atomic mass is 35.5. The van der Waals surface area contributed by atoms with E-state index in [2.05, 4.69) is 102 Å². The lowest BCUT2D eigenvalue weighted by Gasteiger charge is -2.34. The molecule has 0 amide bonds. The van der Waals surface area contributed by atoms with E-state index in [0.717, 1.165) is 10.4 Å². The summed E-state index contributed by atoms with van der Waals surface area (Å²) in [5.41, 5.74) is 7.04. The summed E-state index contributed by atoms with van der Waals surface area (Å²) in [4.78, 5) is 4.31. The van der Waals surface area contributed by atoms with Crippen molar-refractivity contribution in [2.75, 3.05) is 0 Å². The van der Waals surface area contributed by atoms with Crippen LogP contribution in [0.15, 0.2) is 109 Å². The van der Waals surface area contributed by atoms with Gasteiger partial charge < -0.3 is 0 Å². The first-order valence-corrected chi connectivity index (χ1v) is 10.5. The Morgan fingerprint density at radius 3 is 2.03 bits per heavy atom. The lowest BCUT2D eigenvalue weighted by atomic mass is 9.67. The fraction of sp³-hybridized carbons (Fsp3) is 0.0357. The molecule has 4 aromatic carbocycles. The number of halogens is 1. The van der Waals surface area contributed by atoms with Crippen LogP contribution in [-0.4, -0.2) is 4.98 Å². The minimum Gasteiger partial charge on any atom is -0.265 e. The monoisotopic (exact) mass is 403 g/mol. The number of nitrogens with zero attached hydrogens (tertiary/aromatic N) is 1. The molecule has 1 unspecified atom stereocenters. The van der Waals surface area contributed by atoms with Crippen LogP contribution in [0.5, 0.6) is 0 Å². The predicted octanol–water partition coefficient (Wildman–Crippen LogP) is 7.25. The summed E-state index contributed by atoms with van der Waals surface area (Å²) in [5.74, 6) is 0. The molecule has 0 bridgehead atoms. The molecular weight excluding hydrogens is 386 g/mol. The Balaban J connectivity index is 1.90. The first kappa shape index (κ1) is 17.4. The lowest BCUT2D eigenvalue weighted by Crippen LogP contribution is -2.28. The highest BCUT2D eigenvalue weighted by molar-refractivity contribution is 6.36. The Hall–Kier alpha value is -3.42. The molecule has 0 fully saturated rings. The van der Waals surface area contributed by atoms with E-state index in [1.807, 2.05) is 12.4 Å². The highest BCUT2D eigenvalue weighted by Gasteiger charge is 2.47. The van der Waals surface area contributed by atoms with Crippen molar-refractivity contribution in [3.05, 3.63) is 137 Å². The first-order valence-electron chi connectivity index (χ1n) is 10.1. The Kier molecular flexibility index (Phi) is 3.81. The maximum atomic E-state index is 6.78. The van der Waals surface area contributed by atoms with Gasteiger partial charge in [-0.1, -0.05) is 90.5 Å². The minimum absolute atomic E-state index is 0.430. The van der Waals surface area contributed by atoms with Gasteiger partial charge in [-0.3, -0.25) is 4.98 Å². The third kappa shape index (κ3) is 2.21. The first-order chi connectivity index (χ1) is 14.8. The molecule has 0 radical (unpaired) electrons. The maximum Gasteiger partial charge on any atom is 0.0720 e. The summed E-state index contributed by atoms with van der Waals surface area (Å²) in [6.45, 7) is 0. The van der Waals surface area contributed by atoms with E-state index in [1.54, 1.807) is 0 Å². The standard InChI is InChI=1S/C28H18ClN/c29-26-18-24-21-10-6-7-13-25(21)28(19-8-2-1-3-9-19,20-14-16-30-17-15-20)27(24)23-12-5-4-11-22(23)26/h1-18H. The minimum atomic E-state index is -0.430. The van der Waals surface area contributed by atoms with Crippen LogP contribution < -0.4 is 0 Å². The van der Waals surface area contributed by atoms with Gasteiger partial charge in [0.1, 0.15) is 0 Å². The lowest BCUT2D eigenvalue weighted by molar-refractivity contribution is 0.773. The molecule has 0 spiro atoms. The van der Waals surface area contributed by atoms with Crippen molar-refractivity contribution in [3.8, 4) is 11.1 Å². The molecule has 142 valence electrons. The van der Waals surface area contributed by atoms with Gasteiger partial charge in [-0.25, -0.2) is 0 Å². The summed E-state index contributed by atoms with van der Waals surface area (Å²) < 4.78 is 0. The van der Waals surface area contributed by atoms with Gasteiger partial charge in [-0.15, -0.1) is 0 Å². The number of aromatic nitrogens is 1. The zero-order valence-electron chi connectivity index (χ0n) is 16.2. The van der Waals surface area contributed by atoms with Crippen molar-refractivity contribution in [1.29, 1.82) is 0 Å². The molecule has 1 atom stereocenters. The van der Waals surface area contributed by atoms with Gasteiger partial charge in [0.2, 0.25) is 0 Å². The van der Waals surface area contributed by atoms with E-state index in [4.69, 9.17) is 11.6 Å². The van der Waals surface area contributed by atoms with Crippen LogP contribution in [0.2, 0.25) is 5.02 Å². The van der Waals surface area contributed by atoms with E-state index in [-0.39, 0.29) is 0 Å². The van der Waals surface area contributed by atoms with E-state index >= 15 is 0 Å². The van der Waals surface area contributed by atoms with Crippen LogP contribution in [-0.2, 0) is 5.41 Å². The summed E-state index contributed by atoms with van der Waals surface area (Å²) in [6.07, 6.45) is 3.78. The molecule has 6 rings (SSSR count). The normalized spacial score (nSPS) is 17.0. The molecule has 1 aromatic heterocycles. The third-order valence-corrected chi connectivity index (χ3v) is 6.62. The highest BCUT2D eigenvalue weighted by Crippen LogP contribution is 2.58. The molecule has 1 aliphatic rings. The van der Waals surface area contributed by atoms with Gasteiger partial charge in [0, 0.05) is 22.8 Å². The van der Waals surface area contributed by atoms with Crippen LogP contribution in [0.1, 0.15) is 22.3 Å². The summed E-state index contributed by atoms with van der Waals surface area (Å²) >= 11 is 6.78. The van der Waals surface area contributed by atoms with Crippen LogP contribution >= 0.6 is 11.6 Å². The molecule has 30 heavy (non-hydrogen) atoms. The molecule has 0 saturated carbocycles. The van der Waals surface area contributed by atoms with Gasteiger partial charge in [0.15, 0.2) is 0 Å². The Morgan fingerprint density at radius 1 is 0.600 bits per heavy atom. The Labute approximate surface area is 180 Å². The molecule has 2 heteroatoms.